The van der Waals surface area contributed by atoms with Gasteiger partial charge in [-0.25, -0.2) is 4.79 Å². The number of carboxylic acids is 1. The molecule has 3 nitrogen and oxygen atoms in total. The van der Waals surface area contributed by atoms with Crippen LogP contribution in [0.15, 0.2) is 22.7 Å². The molecule has 1 unspecified atom stereocenters. The van der Waals surface area contributed by atoms with Crippen LogP contribution in [-0.2, 0) is 0 Å². The van der Waals surface area contributed by atoms with E-state index in [1.165, 1.54) is 19.3 Å². The van der Waals surface area contributed by atoms with Gasteiger partial charge >= 0.3 is 5.97 Å². The van der Waals surface area contributed by atoms with E-state index in [4.69, 9.17) is 5.11 Å². The number of carbonyl (C=O) groups is 1. The minimum atomic E-state index is -0.891. The summed E-state index contributed by atoms with van der Waals surface area (Å²) in [4.78, 5) is 13.3. The summed E-state index contributed by atoms with van der Waals surface area (Å²) >= 11 is 3.34. The van der Waals surface area contributed by atoms with Crippen molar-refractivity contribution in [3.8, 4) is 0 Å². The zero-order valence-corrected chi connectivity index (χ0v) is 12.1. The molecule has 1 aromatic rings. The van der Waals surface area contributed by atoms with Gasteiger partial charge in [-0.05, 0) is 59.3 Å². The predicted molar refractivity (Wildman–Crippen MR) is 76.3 cm³/mol. The van der Waals surface area contributed by atoms with E-state index >= 15 is 0 Å². The van der Waals surface area contributed by atoms with Crippen molar-refractivity contribution in [1.29, 1.82) is 0 Å². The topological polar surface area (TPSA) is 40.5 Å². The van der Waals surface area contributed by atoms with Gasteiger partial charge in [0.2, 0.25) is 0 Å². The molecule has 0 amide bonds. The Morgan fingerprint density at radius 3 is 2.83 bits per heavy atom. The Morgan fingerprint density at radius 1 is 1.39 bits per heavy atom. The minimum Gasteiger partial charge on any atom is -0.478 e. The van der Waals surface area contributed by atoms with Crippen LogP contribution >= 0.6 is 15.9 Å². The Morgan fingerprint density at radius 2 is 2.17 bits per heavy atom. The predicted octanol–water partition coefficient (Wildman–Crippen LogP) is 3.77. The molecule has 0 radical (unpaired) electrons. The van der Waals surface area contributed by atoms with E-state index in [0.717, 1.165) is 24.7 Å². The van der Waals surface area contributed by atoms with Crippen LogP contribution < -0.4 is 4.90 Å². The first-order valence-corrected chi connectivity index (χ1v) is 7.15. The second-order valence-corrected chi connectivity index (χ2v) is 5.85. The summed E-state index contributed by atoms with van der Waals surface area (Å²) in [6.07, 6.45) is 3.70. The SMILES string of the molecule is CC1CCCN(c2ccc(C(=O)O)c(Br)c2)CC1. The fourth-order valence-corrected chi connectivity index (χ4v) is 2.93. The lowest BCUT2D eigenvalue weighted by molar-refractivity contribution is 0.0696. The fourth-order valence-electron chi connectivity index (χ4n) is 2.40. The van der Waals surface area contributed by atoms with Crippen molar-refractivity contribution in [2.45, 2.75) is 26.2 Å². The highest BCUT2D eigenvalue weighted by atomic mass is 79.9. The lowest BCUT2D eigenvalue weighted by atomic mass is 10.0. The third-order valence-electron chi connectivity index (χ3n) is 3.56. The Balaban J connectivity index is 2.18. The summed E-state index contributed by atoms with van der Waals surface area (Å²) in [6, 6.07) is 5.50. The van der Waals surface area contributed by atoms with Crippen LogP contribution in [0.1, 0.15) is 36.5 Å². The van der Waals surface area contributed by atoms with Crippen molar-refractivity contribution >= 4 is 27.6 Å². The molecule has 18 heavy (non-hydrogen) atoms. The van der Waals surface area contributed by atoms with E-state index < -0.39 is 5.97 Å². The van der Waals surface area contributed by atoms with E-state index in [-0.39, 0.29) is 0 Å². The van der Waals surface area contributed by atoms with Gasteiger partial charge in [-0.3, -0.25) is 0 Å². The maximum absolute atomic E-state index is 11.0. The van der Waals surface area contributed by atoms with Crippen LogP contribution in [0.2, 0.25) is 0 Å². The molecule has 1 N–H and O–H groups in total. The number of rotatable bonds is 2. The number of hydrogen-bond donors (Lipinski definition) is 1. The number of nitrogens with zero attached hydrogens (tertiary/aromatic N) is 1. The molecule has 1 aliphatic rings. The van der Waals surface area contributed by atoms with Crippen LogP contribution in [-0.4, -0.2) is 24.2 Å². The highest BCUT2D eigenvalue weighted by molar-refractivity contribution is 9.10. The van der Waals surface area contributed by atoms with Gasteiger partial charge in [0, 0.05) is 23.2 Å². The quantitative estimate of drug-likeness (QED) is 0.903. The molecule has 98 valence electrons. The third kappa shape index (κ3) is 3.05. The van der Waals surface area contributed by atoms with Crippen LogP contribution in [0.5, 0.6) is 0 Å². The van der Waals surface area contributed by atoms with Gasteiger partial charge in [-0.1, -0.05) is 6.92 Å². The maximum Gasteiger partial charge on any atom is 0.336 e. The largest absolute Gasteiger partial charge is 0.478 e. The number of hydrogen-bond acceptors (Lipinski definition) is 2. The van der Waals surface area contributed by atoms with E-state index in [9.17, 15) is 4.79 Å². The monoisotopic (exact) mass is 311 g/mol. The van der Waals surface area contributed by atoms with Crippen molar-refractivity contribution < 1.29 is 9.90 Å². The van der Waals surface area contributed by atoms with E-state index in [1.807, 2.05) is 12.1 Å². The molecule has 0 aliphatic carbocycles. The second kappa shape index (κ2) is 5.74. The number of anilines is 1. The molecule has 0 aromatic heterocycles. The smallest absolute Gasteiger partial charge is 0.336 e. The Bertz CT molecular complexity index is 447. The standard InChI is InChI=1S/C14H18BrNO2/c1-10-3-2-7-16(8-6-10)11-4-5-12(14(17)18)13(15)9-11/h4-5,9-10H,2-3,6-8H2,1H3,(H,17,18). The molecule has 2 rings (SSSR count). The van der Waals surface area contributed by atoms with Gasteiger partial charge in [-0.15, -0.1) is 0 Å². The van der Waals surface area contributed by atoms with Crippen molar-refractivity contribution in [1.82, 2.24) is 0 Å². The first-order chi connectivity index (χ1) is 8.58. The fraction of sp³-hybridized carbons (Fsp3) is 0.500. The highest BCUT2D eigenvalue weighted by Crippen LogP contribution is 2.27. The highest BCUT2D eigenvalue weighted by Gasteiger charge is 2.16. The summed E-state index contributed by atoms with van der Waals surface area (Å²) in [7, 11) is 0. The summed E-state index contributed by atoms with van der Waals surface area (Å²) < 4.78 is 0.657. The van der Waals surface area contributed by atoms with E-state index in [2.05, 4.69) is 27.8 Å². The first kappa shape index (κ1) is 13.4. The number of carboxylic acid groups (broad SMARTS) is 1. The molecule has 1 heterocycles. The Kier molecular flexibility index (Phi) is 4.27. The number of halogens is 1. The van der Waals surface area contributed by atoms with Gasteiger partial charge in [0.25, 0.3) is 0 Å². The lowest BCUT2D eigenvalue weighted by Crippen LogP contribution is -2.24. The molecular weight excluding hydrogens is 294 g/mol. The van der Waals surface area contributed by atoms with Gasteiger partial charge in [0.1, 0.15) is 0 Å². The van der Waals surface area contributed by atoms with Crippen LogP contribution in [0, 0.1) is 5.92 Å². The second-order valence-electron chi connectivity index (χ2n) is 4.99. The zero-order valence-electron chi connectivity index (χ0n) is 10.5. The lowest BCUT2D eigenvalue weighted by Gasteiger charge is -2.23. The van der Waals surface area contributed by atoms with Gasteiger partial charge in [0.15, 0.2) is 0 Å². The molecule has 1 aliphatic heterocycles. The normalized spacial score (nSPS) is 20.6. The van der Waals surface area contributed by atoms with Gasteiger partial charge < -0.3 is 10.0 Å². The molecule has 4 heteroatoms. The molecule has 1 saturated heterocycles. The van der Waals surface area contributed by atoms with Gasteiger partial charge in [-0.2, -0.15) is 0 Å². The molecule has 0 bridgehead atoms. The van der Waals surface area contributed by atoms with E-state index in [1.54, 1.807) is 6.07 Å². The Labute approximate surface area is 116 Å². The number of benzene rings is 1. The average molecular weight is 312 g/mol. The van der Waals surface area contributed by atoms with Crippen LogP contribution in [0.3, 0.4) is 0 Å². The zero-order chi connectivity index (χ0) is 13.1. The summed E-state index contributed by atoms with van der Waals surface area (Å²) in [5.41, 5.74) is 1.43. The third-order valence-corrected chi connectivity index (χ3v) is 4.22. The van der Waals surface area contributed by atoms with Crippen LogP contribution in [0.25, 0.3) is 0 Å². The molecule has 0 saturated carbocycles. The summed E-state index contributed by atoms with van der Waals surface area (Å²) in [5.74, 6) is -0.102. The Hall–Kier alpha value is -1.03. The first-order valence-electron chi connectivity index (χ1n) is 6.35. The van der Waals surface area contributed by atoms with Gasteiger partial charge in [0.05, 0.1) is 5.56 Å². The van der Waals surface area contributed by atoms with Crippen molar-refractivity contribution in [2.24, 2.45) is 5.92 Å². The maximum atomic E-state index is 11.0. The summed E-state index contributed by atoms with van der Waals surface area (Å²) in [5, 5.41) is 9.00. The average Bonchev–Trinajstić information content (AvgIpc) is 2.53. The van der Waals surface area contributed by atoms with Crippen molar-refractivity contribution in [3.05, 3.63) is 28.2 Å². The van der Waals surface area contributed by atoms with Crippen molar-refractivity contribution in [2.75, 3.05) is 18.0 Å². The molecule has 0 spiro atoms. The molecule has 1 fully saturated rings. The van der Waals surface area contributed by atoms with E-state index in [0.29, 0.717) is 10.0 Å². The minimum absolute atomic E-state index is 0.321. The van der Waals surface area contributed by atoms with Crippen molar-refractivity contribution in [3.63, 3.8) is 0 Å². The molecule has 1 atom stereocenters. The molecular formula is C14H18BrNO2. The summed E-state index contributed by atoms with van der Waals surface area (Å²) in [6.45, 7) is 4.41. The number of aromatic carboxylic acids is 1. The molecule has 1 aromatic carbocycles. The van der Waals surface area contributed by atoms with Crippen LogP contribution in [0.4, 0.5) is 5.69 Å².